The van der Waals surface area contributed by atoms with Crippen molar-refractivity contribution in [1.82, 2.24) is 5.32 Å². The molecular weight excluding hydrogens is 318 g/mol. The molecule has 2 N–H and O–H groups in total. The van der Waals surface area contributed by atoms with Crippen LogP contribution in [0.25, 0.3) is 0 Å². The van der Waals surface area contributed by atoms with Crippen LogP contribution in [0.3, 0.4) is 0 Å². The Kier molecular flexibility index (Phi) is 6.57. The molecule has 0 aliphatic carbocycles. The van der Waals surface area contributed by atoms with Gasteiger partial charge in [0.2, 0.25) is 5.91 Å². The Morgan fingerprint density at radius 3 is 2.36 bits per heavy atom. The van der Waals surface area contributed by atoms with E-state index >= 15 is 0 Å². The van der Waals surface area contributed by atoms with Crippen molar-refractivity contribution in [3.8, 4) is 5.75 Å². The molecule has 0 saturated heterocycles. The van der Waals surface area contributed by atoms with Crippen LogP contribution in [0.4, 0.5) is 0 Å². The van der Waals surface area contributed by atoms with Crippen LogP contribution in [0.2, 0.25) is 0 Å². The predicted octanol–water partition coefficient (Wildman–Crippen LogP) is 3.21. The normalized spacial score (nSPS) is 12.9. The highest BCUT2D eigenvalue weighted by Crippen LogP contribution is 2.23. The van der Waals surface area contributed by atoms with Crippen molar-refractivity contribution in [3.63, 3.8) is 0 Å². The summed E-state index contributed by atoms with van der Waals surface area (Å²) in [4.78, 5) is 23.8. The molecule has 2 rings (SSSR count). The fourth-order valence-corrected chi connectivity index (χ4v) is 2.70. The van der Waals surface area contributed by atoms with Crippen molar-refractivity contribution in [1.29, 1.82) is 0 Å². The first-order valence-corrected chi connectivity index (χ1v) is 8.22. The van der Waals surface area contributed by atoms with Gasteiger partial charge in [0.15, 0.2) is 0 Å². The molecular formula is C20H23NO4. The average molecular weight is 341 g/mol. The van der Waals surface area contributed by atoms with Crippen LogP contribution in [-0.2, 0) is 16.0 Å². The lowest BCUT2D eigenvalue weighted by Crippen LogP contribution is -2.35. The molecule has 0 saturated carbocycles. The van der Waals surface area contributed by atoms with Crippen molar-refractivity contribution in [2.75, 3.05) is 7.11 Å². The van der Waals surface area contributed by atoms with Crippen LogP contribution in [-0.4, -0.2) is 24.1 Å². The first-order valence-electron chi connectivity index (χ1n) is 8.22. The van der Waals surface area contributed by atoms with Crippen LogP contribution < -0.4 is 10.1 Å². The summed E-state index contributed by atoms with van der Waals surface area (Å²) in [6.45, 7) is 1.60. The molecule has 0 aliphatic rings. The number of aryl methyl sites for hydroxylation is 1. The van der Waals surface area contributed by atoms with Gasteiger partial charge in [-0.15, -0.1) is 0 Å². The number of hydrogen-bond donors (Lipinski definition) is 2. The van der Waals surface area contributed by atoms with Crippen LogP contribution in [0.1, 0.15) is 30.5 Å². The van der Waals surface area contributed by atoms with E-state index in [4.69, 9.17) is 4.74 Å². The summed E-state index contributed by atoms with van der Waals surface area (Å²) in [5, 5.41) is 12.2. The number of rotatable bonds is 8. The molecule has 25 heavy (non-hydrogen) atoms. The van der Waals surface area contributed by atoms with Gasteiger partial charge in [-0.3, -0.25) is 9.59 Å². The minimum atomic E-state index is -0.945. The fourth-order valence-electron chi connectivity index (χ4n) is 2.70. The molecule has 0 heterocycles. The number of aliphatic carboxylic acids is 1. The summed E-state index contributed by atoms with van der Waals surface area (Å²) >= 11 is 0. The molecule has 0 aromatic heterocycles. The van der Waals surface area contributed by atoms with E-state index in [1.807, 2.05) is 54.6 Å². The zero-order valence-corrected chi connectivity index (χ0v) is 14.4. The third kappa shape index (κ3) is 5.08. The Balaban J connectivity index is 2.05. The minimum absolute atomic E-state index is 0.187. The predicted molar refractivity (Wildman–Crippen MR) is 95.4 cm³/mol. The van der Waals surface area contributed by atoms with Crippen LogP contribution in [0, 0.1) is 5.92 Å². The van der Waals surface area contributed by atoms with Crippen LogP contribution in [0.15, 0.2) is 54.6 Å². The smallest absolute Gasteiger partial charge is 0.308 e. The maximum Gasteiger partial charge on any atom is 0.308 e. The Hall–Kier alpha value is -2.82. The van der Waals surface area contributed by atoms with Gasteiger partial charge in [-0.1, -0.05) is 48.5 Å². The summed E-state index contributed by atoms with van der Waals surface area (Å²) < 4.78 is 5.29. The molecule has 5 nitrogen and oxygen atoms in total. The van der Waals surface area contributed by atoms with Crippen molar-refractivity contribution < 1.29 is 19.4 Å². The molecule has 2 aromatic carbocycles. The van der Waals surface area contributed by atoms with E-state index in [1.54, 1.807) is 14.0 Å². The first-order chi connectivity index (χ1) is 12.0. The number of benzene rings is 2. The second-order valence-corrected chi connectivity index (χ2v) is 5.89. The molecule has 1 amide bonds. The maximum absolute atomic E-state index is 12.4. The van der Waals surface area contributed by atoms with E-state index in [2.05, 4.69) is 5.32 Å². The Labute approximate surface area is 147 Å². The molecule has 2 unspecified atom stereocenters. The second-order valence-electron chi connectivity index (χ2n) is 5.89. The number of nitrogens with one attached hydrogen (secondary N) is 1. The molecule has 0 radical (unpaired) electrons. The van der Waals surface area contributed by atoms with Gasteiger partial charge >= 0.3 is 5.97 Å². The van der Waals surface area contributed by atoms with E-state index in [0.717, 1.165) is 16.9 Å². The number of methoxy groups -OCH3 is 1. The number of carbonyl (C=O) groups is 2. The average Bonchev–Trinajstić information content (AvgIpc) is 2.64. The summed E-state index contributed by atoms with van der Waals surface area (Å²) in [5.74, 6) is -1.11. The summed E-state index contributed by atoms with van der Waals surface area (Å²) in [6.07, 6.45) is 0.787. The summed E-state index contributed by atoms with van der Waals surface area (Å²) in [5.41, 5.74) is 1.73. The SMILES string of the molecule is COc1ccccc1CCC(=O)NC(c1ccccc1)C(C)C(=O)O. The maximum atomic E-state index is 12.4. The standard InChI is InChI=1S/C20H23NO4/c1-14(20(23)24)19(16-9-4-3-5-10-16)21-18(22)13-12-15-8-6-7-11-17(15)25-2/h3-11,14,19H,12-13H2,1-2H3,(H,21,22)(H,23,24). The van der Waals surface area contributed by atoms with Crippen LogP contribution in [0.5, 0.6) is 5.75 Å². The Morgan fingerprint density at radius 1 is 1.08 bits per heavy atom. The lowest BCUT2D eigenvalue weighted by molar-refractivity contribution is -0.142. The van der Waals surface area contributed by atoms with E-state index in [-0.39, 0.29) is 12.3 Å². The third-order valence-corrected chi connectivity index (χ3v) is 4.18. The number of para-hydroxylation sites is 1. The number of carboxylic acids is 1. The summed E-state index contributed by atoms with van der Waals surface area (Å²) in [6, 6.07) is 16.1. The van der Waals surface area contributed by atoms with E-state index in [9.17, 15) is 14.7 Å². The van der Waals surface area contributed by atoms with Crippen molar-refractivity contribution in [2.45, 2.75) is 25.8 Å². The number of hydrogen-bond acceptors (Lipinski definition) is 3. The minimum Gasteiger partial charge on any atom is -0.496 e. The number of ether oxygens (including phenoxy) is 1. The number of carbonyl (C=O) groups excluding carboxylic acids is 1. The zero-order chi connectivity index (χ0) is 18.2. The molecule has 2 aromatic rings. The Morgan fingerprint density at radius 2 is 1.72 bits per heavy atom. The van der Waals surface area contributed by atoms with E-state index < -0.39 is 17.9 Å². The van der Waals surface area contributed by atoms with Gasteiger partial charge in [0.05, 0.1) is 19.1 Å². The number of amides is 1. The molecule has 2 atom stereocenters. The quantitative estimate of drug-likeness (QED) is 0.773. The molecule has 0 aliphatic heterocycles. The monoisotopic (exact) mass is 341 g/mol. The molecule has 5 heteroatoms. The van der Waals surface area contributed by atoms with Gasteiger partial charge in [-0.2, -0.15) is 0 Å². The molecule has 0 bridgehead atoms. The molecule has 0 fully saturated rings. The van der Waals surface area contributed by atoms with Gasteiger partial charge in [-0.25, -0.2) is 0 Å². The highest BCUT2D eigenvalue weighted by Gasteiger charge is 2.26. The van der Waals surface area contributed by atoms with Crippen molar-refractivity contribution in [2.24, 2.45) is 5.92 Å². The molecule has 0 spiro atoms. The molecule has 132 valence electrons. The van der Waals surface area contributed by atoms with Gasteiger partial charge in [0, 0.05) is 6.42 Å². The van der Waals surface area contributed by atoms with Gasteiger partial charge in [0.25, 0.3) is 0 Å². The fraction of sp³-hybridized carbons (Fsp3) is 0.300. The summed E-state index contributed by atoms with van der Waals surface area (Å²) in [7, 11) is 1.60. The van der Waals surface area contributed by atoms with Crippen molar-refractivity contribution >= 4 is 11.9 Å². The highest BCUT2D eigenvalue weighted by molar-refractivity contribution is 5.78. The zero-order valence-electron chi connectivity index (χ0n) is 14.4. The second kappa shape index (κ2) is 8.87. The van der Waals surface area contributed by atoms with E-state index in [1.165, 1.54) is 0 Å². The lowest BCUT2D eigenvalue weighted by Gasteiger charge is -2.23. The van der Waals surface area contributed by atoms with Crippen LogP contribution >= 0.6 is 0 Å². The van der Waals surface area contributed by atoms with E-state index in [0.29, 0.717) is 6.42 Å². The van der Waals surface area contributed by atoms with Crippen molar-refractivity contribution in [3.05, 3.63) is 65.7 Å². The lowest BCUT2D eigenvalue weighted by atomic mass is 9.94. The number of carboxylic acid groups (broad SMARTS) is 1. The highest BCUT2D eigenvalue weighted by atomic mass is 16.5. The topological polar surface area (TPSA) is 75.6 Å². The van der Waals surface area contributed by atoms with Gasteiger partial charge in [-0.05, 0) is 30.5 Å². The van der Waals surface area contributed by atoms with Gasteiger partial charge in [0.1, 0.15) is 5.75 Å². The Bertz CT molecular complexity index is 715. The van der Waals surface area contributed by atoms with Gasteiger partial charge < -0.3 is 15.2 Å². The largest absolute Gasteiger partial charge is 0.496 e. The first kappa shape index (κ1) is 18.5. The third-order valence-electron chi connectivity index (χ3n) is 4.18.